The molecular formula is C21H23N3O3S. The molecule has 1 N–H and O–H groups in total. The number of pyridine rings is 1. The predicted molar refractivity (Wildman–Crippen MR) is 108 cm³/mol. The lowest BCUT2D eigenvalue weighted by molar-refractivity contribution is -0.138. The van der Waals surface area contributed by atoms with Gasteiger partial charge in [-0.25, -0.2) is 4.98 Å². The number of hydrogen-bond donors (Lipinski definition) is 1. The first-order chi connectivity index (χ1) is 13.6. The molecule has 0 bridgehead atoms. The molecular weight excluding hydrogens is 374 g/mol. The second kappa shape index (κ2) is 7.83. The average molecular weight is 398 g/mol. The van der Waals surface area contributed by atoms with E-state index in [9.17, 15) is 9.59 Å². The Morgan fingerprint density at radius 3 is 2.96 bits per heavy atom. The molecule has 2 fully saturated rings. The summed E-state index contributed by atoms with van der Waals surface area (Å²) in [5.74, 6) is 1.10. The largest absolute Gasteiger partial charge is 0.473 e. The maximum absolute atomic E-state index is 12.8. The lowest BCUT2D eigenvalue weighted by atomic mass is 10.2. The number of carbonyl (C=O) groups is 2. The molecule has 2 aliphatic heterocycles. The first kappa shape index (κ1) is 18.8. The van der Waals surface area contributed by atoms with Crippen LogP contribution < -0.4 is 10.1 Å². The number of aromatic nitrogens is 1. The van der Waals surface area contributed by atoms with Gasteiger partial charge in [0.25, 0.3) is 0 Å². The van der Waals surface area contributed by atoms with E-state index in [0.717, 1.165) is 17.5 Å². The molecule has 146 valence electrons. The van der Waals surface area contributed by atoms with Gasteiger partial charge >= 0.3 is 0 Å². The fourth-order valence-electron chi connectivity index (χ4n) is 3.73. The molecule has 0 radical (unpaired) electrons. The number of ether oxygens (including phenoxy) is 1. The third-order valence-corrected chi connectivity index (χ3v) is 6.77. The summed E-state index contributed by atoms with van der Waals surface area (Å²) < 4.78 is 5.85. The maximum atomic E-state index is 12.8. The van der Waals surface area contributed by atoms with Crippen LogP contribution in [-0.4, -0.2) is 38.4 Å². The number of nitrogens with zero attached hydrogens (tertiary/aromatic N) is 2. The Morgan fingerprint density at radius 2 is 2.14 bits per heavy atom. The highest BCUT2D eigenvalue weighted by atomic mass is 32.2. The minimum Gasteiger partial charge on any atom is -0.473 e. The molecule has 6 nitrogen and oxygen atoms in total. The molecule has 7 heteroatoms. The summed E-state index contributed by atoms with van der Waals surface area (Å²) in [6.07, 6.45) is 3.00. The minimum atomic E-state index is -0.407. The van der Waals surface area contributed by atoms with E-state index < -0.39 is 6.04 Å². The Morgan fingerprint density at radius 1 is 1.32 bits per heavy atom. The van der Waals surface area contributed by atoms with Gasteiger partial charge in [-0.2, -0.15) is 0 Å². The predicted octanol–water partition coefficient (Wildman–Crippen LogP) is 2.73. The number of carbonyl (C=O) groups excluding carboxylic acids is 2. The Hall–Kier alpha value is -2.54. The Labute approximate surface area is 168 Å². The van der Waals surface area contributed by atoms with Crippen LogP contribution in [0.4, 0.5) is 0 Å². The van der Waals surface area contributed by atoms with E-state index in [1.807, 2.05) is 49.4 Å². The first-order valence-corrected chi connectivity index (χ1v) is 10.4. The van der Waals surface area contributed by atoms with Crippen molar-refractivity contribution in [2.24, 2.45) is 0 Å². The molecule has 0 saturated carbocycles. The Balaban J connectivity index is 1.38. The topological polar surface area (TPSA) is 71.5 Å². The van der Waals surface area contributed by atoms with E-state index in [0.29, 0.717) is 31.2 Å². The van der Waals surface area contributed by atoms with Crippen LogP contribution in [0.25, 0.3) is 0 Å². The summed E-state index contributed by atoms with van der Waals surface area (Å²) >= 11 is 1.69. The fraction of sp³-hybridized carbons (Fsp3) is 0.381. The molecule has 0 spiro atoms. The number of thioether (sulfide) groups is 1. The van der Waals surface area contributed by atoms with Gasteiger partial charge in [0.05, 0.1) is 4.87 Å². The summed E-state index contributed by atoms with van der Waals surface area (Å²) in [7, 11) is 0. The molecule has 2 aromatic rings. The van der Waals surface area contributed by atoms with E-state index in [4.69, 9.17) is 4.74 Å². The molecule has 4 rings (SSSR count). The highest BCUT2D eigenvalue weighted by molar-refractivity contribution is 8.01. The summed E-state index contributed by atoms with van der Waals surface area (Å²) in [6, 6.07) is 13.2. The van der Waals surface area contributed by atoms with Crippen LogP contribution in [0.15, 0.2) is 48.7 Å². The number of hydrogen-bond acceptors (Lipinski definition) is 5. The van der Waals surface area contributed by atoms with Crippen LogP contribution in [0.3, 0.4) is 0 Å². The zero-order valence-electron chi connectivity index (χ0n) is 15.8. The summed E-state index contributed by atoms with van der Waals surface area (Å²) in [5, 5.41) is 2.96. The molecule has 0 aliphatic carbocycles. The minimum absolute atomic E-state index is 0.0703. The van der Waals surface area contributed by atoms with Crippen molar-refractivity contribution in [2.45, 2.75) is 43.8 Å². The van der Waals surface area contributed by atoms with Crippen molar-refractivity contribution in [3.05, 3.63) is 59.8 Å². The van der Waals surface area contributed by atoms with Crippen molar-refractivity contribution in [1.29, 1.82) is 0 Å². The van der Waals surface area contributed by atoms with Gasteiger partial charge in [0.1, 0.15) is 12.6 Å². The second-order valence-corrected chi connectivity index (χ2v) is 8.73. The van der Waals surface area contributed by atoms with Gasteiger partial charge in [-0.3, -0.25) is 9.59 Å². The van der Waals surface area contributed by atoms with Crippen molar-refractivity contribution in [2.75, 3.05) is 5.75 Å². The smallest absolute Gasteiger partial charge is 0.243 e. The van der Waals surface area contributed by atoms with Crippen LogP contribution in [0.1, 0.15) is 30.9 Å². The van der Waals surface area contributed by atoms with Crippen molar-refractivity contribution in [3.8, 4) is 5.88 Å². The summed E-state index contributed by atoms with van der Waals surface area (Å²) in [6.45, 7) is 2.78. The van der Waals surface area contributed by atoms with Gasteiger partial charge in [-0.15, -0.1) is 11.8 Å². The third kappa shape index (κ3) is 3.71. The number of rotatable bonds is 6. The zero-order valence-corrected chi connectivity index (χ0v) is 16.6. The average Bonchev–Trinajstić information content (AvgIpc) is 3.21. The van der Waals surface area contributed by atoms with E-state index >= 15 is 0 Å². The maximum Gasteiger partial charge on any atom is 0.243 e. The van der Waals surface area contributed by atoms with Crippen molar-refractivity contribution in [3.63, 3.8) is 0 Å². The summed E-state index contributed by atoms with van der Waals surface area (Å²) in [5.41, 5.74) is 1.87. The van der Waals surface area contributed by atoms with Crippen LogP contribution in [0.2, 0.25) is 0 Å². The standard InChI is InChI=1S/C21H23N3O3S/c1-21-10-9-18(25)24(21)17(14-28-21)19(26)23-12-16-8-5-11-22-20(16)27-13-15-6-3-2-4-7-15/h2-8,11,17H,9-10,12-14H2,1H3,(H,23,26)/t17-,21-/m1/s1. The fourth-order valence-corrected chi connectivity index (χ4v) is 5.16. The van der Waals surface area contributed by atoms with Gasteiger partial charge in [-0.05, 0) is 25.0 Å². The van der Waals surface area contributed by atoms with E-state index in [-0.39, 0.29) is 16.7 Å². The van der Waals surface area contributed by atoms with Gasteiger partial charge in [-0.1, -0.05) is 36.4 Å². The number of fused-ring (bicyclic) bond motifs is 1. The lowest BCUT2D eigenvalue weighted by Gasteiger charge is -2.29. The molecule has 0 unspecified atom stereocenters. The second-order valence-electron chi connectivity index (χ2n) is 7.23. The van der Waals surface area contributed by atoms with E-state index in [1.54, 1.807) is 22.9 Å². The quantitative estimate of drug-likeness (QED) is 0.812. The zero-order chi connectivity index (χ0) is 19.6. The SMILES string of the molecule is C[C@@]12CCC(=O)N1[C@@H](C(=O)NCc1cccnc1OCc1ccccc1)CS2. The van der Waals surface area contributed by atoms with Crippen molar-refractivity contribution >= 4 is 23.6 Å². The monoisotopic (exact) mass is 397 g/mol. The third-order valence-electron chi connectivity index (χ3n) is 5.27. The van der Waals surface area contributed by atoms with Crippen LogP contribution >= 0.6 is 11.8 Å². The molecule has 1 aromatic heterocycles. The van der Waals surface area contributed by atoms with E-state index in [2.05, 4.69) is 10.3 Å². The highest BCUT2D eigenvalue weighted by Gasteiger charge is 2.52. The molecule has 3 heterocycles. The molecule has 2 amide bonds. The van der Waals surface area contributed by atoms with Crippen molar-refractivity contribution in [1.82, 2.24) is 15.2 Å². The van der Waals surface area contributed by atoms with E-state index in [1.165, 1.54) is 0 Å². The van der Waals surface area contributed by atoms with Crippen LogP contribution in [0.5, 0.6) is 5.88 Å². The Bertz CT molecular complexity index is 876. The van der Waals surface area contributed by atoms with Crippen LogP contribution in [-0.2, 0) is 22.7 Å². The lowest BCUT2D eigenvalue weighted by Crippen LogP contribution is -2.49. The number of nitrogens with one attached hydrogen (secondary N) is 1. The molecule has 28 heavy (non-hydrogen) atoms. The van der Waals surface area contributed by atoms with Gasteiger partial charge in [0.15, 0.2) is 0 Å². The molecule has 2 saturated heterocycles. The van der Waals surface area contributed by atoms with Crippen molar-refractivity contribution < 1.29 is 14.3 Å². The summed E-state index contributed by atoms with van der Waals surface area (Å²) in [4.78, 5) is 30.8. The number of benzene rings is 1. The number of amides is 2. The molecule has 2 atom stereocenters. The molecule has 1 aromatic carbocycles. The van der Waals surface area contributed by atoms with Gasteiger partial charge in [0.2, 0.25) is 17.7 Å². The van der Waals surface area contributed by atoms with Crippen LogP contribution in [0, 0.1) is 0 Å². The molecule has 2 aliphatic rings. The normalized spacial score (nSPS) is 23.5. The van der Waals surface area contributed by atoms with Gasteiger partial charge < -0.3 is 15.0 Å². The Kier molecular flexibility index (Phi) is 5.26. The first-order valence-electron chi connectivity index (χ1n) is 9.41. The van der Waals surface area contributed by atoms with Gasteiger partial charge in [0, 0.05) is 30.5 Å². The highest BCUT2D eigenvalue weighted by Crippen LogP contribution is 2.47.